The molecule has 0 unspecified atom stereocenters. The van der Waals surface area contributed by atoms with Gasteiger partial charge in [-0.1, -0.05) is 0 Å². The van der Waals surface area contributed by atoms with Crippen LogP contribution in [0.4, 0.5) is 5.69 Å². The summed E-state index contributed by atoms with van der Waals surface area (Å²) >= 11 is 0. The molecule has 6 heteroatoms. The largest absolute Gasteiger partial charge is 0.490 e. The number of amides is 2. The second kappa shape index (κ2) is 9.41. The van der Waals surface area contributed by atoms with E-state index in [1.165, 1.54) is 5.56 Å². The zero-order valence-corrected chi connectivity index (χ0v) is 18.4. The maximum atomic E-state index is 13.1. The topological polar surface area (TPSA) is 59.1 Å². The molecule has 2 aromatic carbocycles. The van der Waals surface area contributed by atoms with Crippen LogP contribution in [-0.2, 0) is 17.8 Å². The molecular formula is C25H30N2O4. The van der Waals surface area contributed by atoms with Crippen molar-refractivity contribution < 1.29 is 19.1 Å². The van der Waals surface area contributed by atoms with Crippen LogP contribution in [0.1, 0.15) is 54.6 Å². The van der Waals surface area contributed by atoms with E-state index < -0.39 is 0 Å². The number of nitrogens with zero attached hydrogens (tertiary/aromatic N) is 2. The zero-order valence-electron chi connectivity index (χ0n) is 18.4. The molecule has 0 spiro atoms. The number of hydrogen-bond donors (Lipinski definition) is 0. The van der Waals surface area contributed by atoms with Crippen molar-refractivity contribution in [2.75, 3.05) is 31.2 Å². The summed E-state index contributed by atoms with van der Waals surface area (Å²) in [5.74, 6) is 1.67. The van der Waals surface area contributed by atoms with Crippen LogP contribution in [0.5, 0.6) is 11.5 Å². The van der Waals surface area contributed by atoms with Crippen molar-refractivity contribution in [3.8, 4) is 11.5 Å². The molecule has 0 radical (unpaired) electrons. The molecule has 2 aliphatic rings. The highest BCUT2D eigenvalue weighted by molar-refractivity contribution is 5.97. The quantitative estimate of drug-likeness (QED) is 0.700. The van der Waals surface area contributed by atoms with E-state index in [4.69, 9.17) is 9.47 Å². The Morgan fingerprint density at radius 3 is 2.23 bits per heavy atom. The lowest BCUT2D eigenvalue weighted by atomic mass is 9.98. The van der Waals surface area contributed by atoms with Crippen LogP contribution in [0.2, 0.25) is 0 Å². The van der Waals surface area contributed by atoms with Gasteiger partial charge in [0.05, 0.1) is 13.2 Å². The molecule has 1 saturated heterocycles. The van der Waals surface area contributed by atoms with Crippen molar-refractivity contribution in [3.63, 3.8) is 0 Å². The van der Waals surface area contributed by atoms with Gasteiger partial charge in [0, 0.05) is 37.3 Å². The molecule has 2 amide bonds. The standard InChI is InChI=1S/C25H30N2O4/c1-3-30-22-15-19-12-14-26(17-20(19)16-23(22)31-4-2)25(29)18-8-10-21(11-9-18)27-13-6-5-7-24(27)28/h8-11,15-16H,3-7,12-14,17H2,1-2H3. The second-order valence-electron chi connectivity index (χ2n) is 7.96. The van der Waals surface area contributed by atoms with Gasteiger partial charge in [-0.15, -0.1) is 0 Å². The molecule has 0 N–H and O–H groups in total. The Labute approximate surface area is 183 Å². The van der Waals surface area contributed by atoms with Gasteiger partial charge in [0.15, 0.2) is 11.5 Å². The molecule has 0 aromatic heterocycles. The van der Waals surface area contributed by atoms with Crippen molar-refractivity contribution in [3.05, 3.63) is 53.1 Å². The summed E-state index contributed by atoms with van der Waals surface area (Å²) in [5, 5.41) is 0. The average molecular weight is 423 g/mol. The Hall–Kier alpha value is -3.02. The van der Waals surface area contributed by atoms with Gasteiger partial charge in [0.1, 0.15) is 0 Å². The van der Waals surface area contributed by atoms with Crippen molar-refractivity contribution in [2.24, 2.45) is 0 Å². The lowest BCUT2D eigenvalue weighted by molar-refractivity contribution is -0.119. The summed E-state index contributed by atoms with van der Waals surface area (Å²) in [6.45, 7) is 7.02. The highest BCUT2D eigenvalue weighted by Crippen LogP contribution is 2.34. The Morgan fingerprint density at radius 2 is 1.58 bits per heavy atom. The molecule has 0 bridgehead atoms. The lowest BCUT2D eigenvalue weighted by Crippen LogP contribution is -2.36. The number of fused-ring (bicyclic) bond motifs is 1. The van der Waals surface area contributed by atoms with Gasteiger partial charge in [-0.3, -0.25) is 9.59 Å². The first-order valence-electron chi connectivity index (χ1n) is 11.2. The molecule has 31 heavy (non-hydrogen) atoms. The fourth-order valence-corrected chi connectivity index (χ4v) is 4.32. The summed E-state index contributed by atoms with van der Waals surface area (Å²) in [5.41, 5.74) is 3.82. The third-order valence-electron chi connectivity index (χ3n) is 5.91. The highest BCUT2D eigenvalue weighted by Gasteiger charge is 2.25. The summed E-state index contributed by atoms with van der Waals surface area (Å²) in [4.78, 5) is 29.0. The van der Waals surface area contributed by atoms with Crippen LogP contribution in [0.25, 0.3) is 0 Å². The predicted octanol–water partition coefficient (Wildman–Crippen LogP) is 4.20. The minimum atomic E-state index is 0.00835. The molecule has 0 atom stereocenters. The SMILES string of the molecule is CCOc1cc2c(cc1OCC)CN(C(=O)c1ccc(N3CCCCC3=O)cc1)CC2. The smallest absolute Gasteiger partial charge is 0.254 e. The first kappa shape index (κ1) is 21.2. The fourth-order valence-electron chi connectivity index (χ4n) is 4.32. The van der Waals surface area contributed by atoms with Gasteiger partial charge in [0.2, 0.25) is 5.91 Å². The molecule has 0 aliphatic carbocycles. The molecule has 6 nitrogen and oxygen atoms in total. The van der Waals surface area contributed by atoms with Crippen molar-refractivity contribution >= 4 is 17.5 Å². The van der Waals surface area contributed by atoms with Crippen LogP contribution in [0.3, 0.4) is 0 Å². The Bertz CT molecular complexity index is 955. The fraction of sp³-hybridized carbons (Fsp3) is 0.440. The predicted molar refractivity (Wildman–Crippen MR) is 120 cm³/mol. The van der Waals surface area contributed by atoms with Gasteiger partial charge in [-0.25, -0.2) is 0 Å². The number of benzene rings is 2. The van der Waals surface area contributed by atoms with Crippen LogP contribution < -0.4 is 14.4 Å². The normalized spacial score (nSPS) is 16.1. The van der Waals surface area contributed by atoms with Crippen molar-refractivity contribution in [1.29, 1.82) is 0 Å². The molecule has 2 aliphatic heterocycles. The Balaban J connectivity index is 1.49. The van der Waals surface area contributed by atoms with Gasteiger partial charge in [0.25, 0.3) is 5.91 Å². The van der Waals surface area contributed by atoms with E-state index in [0.717, 1.165) is 48.6 Å². The van der Waals surface area contributed by atoms with E-state index in [-0.39, 0.29) is 11.8 Å². The Kier molecular flexibility index (Phi) is 6.44. The molecule has 164 valence electrons. The number of rotatable bonds is 6. The van der Waals surface area contributed by atoms with Crippen molar-refractivity contribution in [2.45, 2.75) is 46.1 Å². The third kappa shape index (κ3) is 4.53. The molecular weight excluding hydrogens is 392 g/mol. The molecule has 2 heterocycles. The van der Waals surface area contributed by atoms with Gasteiger partial charge >= 0.3 is 0 Å². The van der Waals surface area contributed by atoms with Gasteiger partial charge in [-0.2, -0.15) is 0 Å². The number of ether oxygens (including phenoxy) is 2. The number of hydrogen-bond acceptors (Lipinski definition) is 4. The van der Waals surface area contributed by atoms with E-state index in [9.17, 15) is 9.59 Å². The van der Waals surface area contributed by atoms with Crippen molar-refractivity contribution in [1.82, 2.24) is 4.90 Å². The Morgan fingerprint density at radius 1 is 0.903 bits per heavy atom. The second-order valence-corrected chi connectivity index (χ2v) is 7.96. The maximum absolute atomic E-state index is 13.1. The van der Waals surface area contributed by atoms with Crippen LogP contribution in [0, 0.1) is 0 Å². The molecule has 4 rings (SSSR count). The lowest BCUT2D eigenvalue weighted by Gasteiger charge is -2.30. The number of anilines is 1. The van der Waals surface area contributed by atoms with Crippen LogP contribution in [0.15, 0.2) is 36.4 Å². The zero-order chi connectivity index (χ0) is 21.8. The third-order valence-corrected chi connectivity index (χ3v) is 5.91. The number of carbonyl (C=O) groups is 2. The highest BCUT2D eigenvalue weighted by atomic mass is 16.5. The summed E-state index contributed by atoms with van der Waals surface area (Å²) < 4.78 is 11.5. The molecule has 1 fully saturated rings. The summed E-state index contributed by atoms with van der Waals surface area (Å²) in [6, 6.07) is 11.5. The van der Waals surface area contributed by atoms with E-state index in [1.807, 2.05) is 54.0 Å². The van der Waals surface area contributed by atoms with E-state index in [0.29, 0.717) is 38.3 Å². The average Bonchev–Trinajstić information content (AvgIpc) is 2.79. The summed E-state index contributed by atoms with van der Waals surface area (Å²) in [7, 11) is 0. The first-order valence-corrected chi connectivity index (χ1v) is 11.2. The minimum Gasteiger partial charge on any atom is -0.490 e. The molecule has 2 aromatic rings. The number of carbonyl (C=O) groups excluding carboxylic acids is 2. The maximum Gasteiger partial charge on any atom is 0.254 e. The van der Waals surface area contributed by atoms with Crippen LogP contribution >= 0.6 is 0 Å². The minimum absolute atomic E-state index is 0.00835. The van der Waals surface area contributed by atoms with Crippen LogP contribution in [-0.4, -0.2) is 43.0 Å². The number of piperidine rings is 1. The van der Waals surface area contributed by atoms with E-state index in [1.54, 1.807) is 0 Å². The summed E-state index contributed by atoms with van der Waals surface area (Å²) in [6.07, 6.45) is 3.37. The van der Waals surface area contributed by atoms with Gasteiger partial charge in [-0.05, 0) is 80.6 Å². The van der Waals surface area contributed by atoms with Gasteiger partial charge < -0.3 is 19.3 Å². The first-order chi connectivity index (χ1) is 15.1. The molecule has 0 saturated carbocycles. The monoisotopic (exact) mass is 422 g/mol. The van der Waals surface area contributed by atoms with E-state index in [2.05, 4.69) is 6.07 Å². The van der Waals surface area contributed by atoms with E-state index >= 15 is 0 Å².